The van der Waals surface area contributed by atoms with Crippen LogP contribution in [-0.2, 0) is 0 Å². The molecule has 2 rings (SSSR count). The van der Waals surface area contributed by atoms with Crippen molar-refractivity contribution < 1.29 is 4.74 Å². The topological polar surface area (TPSA) is 35.0 Å². The SMILES string of the molecule is C/C=C/c1nc(OC)c2ccccc2n1. The van der Waals surface area contributed by atoms with E-state index in [1.807, 2.05) is 43.3 Å². The van der Waals surface area contributed by atoms with Crippen molar-refractivity contribution >= 4 is 17.0 Å². The van der Waals surface area contributed by atoms with Crippen molar-refractivity contribution in [1.82, 2.24) is 9.97 Å². The first-order chi connectivity index (χ1) is 7.35. The third kappa shape index (κ3) is 1.81. The lowest BCUT2D eigenvalue weighted by molar-refractivity contribution is 0.402. The Bertz CT molecular complexity index is 506. The molecule has 0 saturated carbocycles. The van der Waals surface area contributed by atoms with E-state index < -0.39 is 0 Å². The van der Waals surface area contributed by atoms with Gasteiger partial charge in [0.1, 0.15) is 0 Å². The van der Waals surface area contributed by atoms with E-state index in [1.165, 1.54) is 0 Å². The van der Waals surface area contributed by atoms with Gasteiger partial charge in [-0.05, 0) is 25.1 Å². The zero-order chi connectivity index (χ0) is 10.7. The maximum Gasteiger partial charge on any atom is 0.224 e. The van der Waals surface area contributed by atoms with Gasteiger partial charge in [0, 0.05) is 0 Å². The summed E-state index contributed by atoms with van der Waals surface area (Å²) in [6, 6.07) is 7.80. The van der Waals surface area contributed by atoms with Crippen LogP contribution >= 0.6 is 0 Å². The van der Waals surface area contributed by atoms with E-state index >= 15 is 0 Å². The molecule has 0 fully saturated rings. The molecule has 0 saturated heterocycles. The summed E-state index contributed by atoms with van der Waals surface area (Å²) in [6.07, 6.45) is 3.76. The Labute approximate surface area is 88.4 Å². The van der Waals surface area contributed by atoms with Gasteiger partial charge in [-0.2, -0.15) is 4.98 Å². The van der Waals surface area contributed by atoms with Crippen LogP contribution in [0.3, 0.4) is 0 Å². The van der Waals surface area contributed by atoms with Crippen LogP contribution in [0.4, 0.5) is 0 Å². The number of para-hydroxylation sites is 1. The summed E-state index contributed by atoms with van der Waals surface area (Å²) in [5, 5.41) is 0.938. The van der Waals surface area contributed by atoms with Crippen LogP contribution in [-0.4, -0.2) is 17.1 Å². The zero-order valence-electron chi connectivity index (χ0n) is 8.77. The second kappa shape index (κ2) is 4.09. The van der Waals surface area contributed by atoms with Gasteiger partial charge in [0.25, 0.3) is 0 Å². The minimum absolute atomic E-state index is 0.619. The first-order valence-corrected chi connectivity index (χ1v) is 4.78. The van der Waals surface area contributed by atoms with Crippen molar-refractivity contribution in [1.29, 1.82) is 0 Å². The van der Waals surface area contributed by atoms with Gasteiger partial charge in [-0.15, -0.1) is 0 Å². The van der Waals surface area contributed by atoms with Crippen molar-refractivity contribution in [2.75, 3.05) is 7.11 Å². The van der Waals surface area contributed by atoms with Crippen molar-refractivity contribution in [2.45, 2.75) is 6.92 Å². The van der Waals surface area contributed by atoms with Crippen LogP contribution in [0.15, 0.2) is 30.3 Å². The molecule has 1 aromatic carbocycles. The highest BCUT2D eigenvalue weighted by atomic mass is 16.5. The molecule has 0 aliphatic heterocycles. The Hall–Kier alpha value is -1.90. The molecule has 0 bridgehead atoms. The van der Waals surface area contributed by atoms with Crippen LogP contribution in [0.2, 0.25) is 0 Å². The Morgan fingerprint density at radius 1 is 1.20 bits per heavy atom. The third-order valence-corrected chi connectivity index (χ3v) is 2.09. The van der Waals surface area contributed by atoms with E-state index in [2.05, 4.69) is 9.97 Å². The average Bonchev–Trinajstić information content (AvgIpc) is 2.28. The molecule has 0 amide bonds. The fraction of sp³-hybridized carbons (Fsp3) is 0.167. The Morgan fingerprint density at radius 2 is 2.00 bits per heavy atom. The smallest absolute Gasteiger partial charge is 0.224 e. The largest absolute Gasteiger partial charge is 0.480 e. The number of methoxy groups -OCH3 is 1. The highest BCUT2D eigenvalue weighted by molar-refractivity contribution is 5.83. The maximum atomic E-state index is 5.23. The van der Waals surface area contributed by atoms with E-state index in [9.17, 15) is 0 Å². The molecule has 0 N–H and O–H groups in total. The van der Waals surface area contributed by atoms with Crippen LogP contribution in [0, 0.1) is 0 Å². The minimum atomic E-state index is 0.619. The minimum Gasteiger partial charge on any atom is -0.480 e. The van der Waals surface area contributed by atoms with E-state index in [1.54, 1.807) is 7.11 Å². The molecule has 76 valence electrons. The summed E-state index contributed by atoms with van der Waals surface area (Å²) in [7, 11) is 1.62. The predicted octanol–water partition coefficient (Wildman–Crippen LogP) is 2.67. The van der Waals surface area contributed by atoms with Crippen molar-refractivity contribution in [2.24, 2.45) is 0 Å². The van der Waals surface area contributed by atoms with Crippen LogP contribution < -0.4 is 4.74 Å². The van der Waals surface area contributed by atoms with Crippen molar-refractivity contribution in [3.63, 3.8) is 0 Å². The number of allylic oxidation sites excluding steroid dienone is 1. The van der Waals surface area contributed by atoms with Gasteiger partial charge < -0.3 is 4.74 Å². The molecular formula is C12H12N2O. The normalized spacial score (nSPS) is 11.1. The zero-order valence-corrected chi connectivity index (χ0v) is 8.77. The fourth-order valence-electron chi connectivity index (χ4n) is 1.44. The predicted molar refractivity (Wildman–Crippen MR) is 60.8 cm³/mol. The Morgan fingerprint density at radius 3 is 2.73 bits per heavy atom. The summed E-state index contributed by atoms with van der Waals surface area (Å²) in [5.41, 5.74) is 0.900. The molecule has 2 aromatic rings. The highest BCUT2D eigenvalue weighted by Crippen LogP contribution is 2.21. The monoisotopic (exact) mass is 200 g/mol. The lowest BCUT2D eigenvalue weighted by Gasteiger charge is -2.04. The molecule has 0 spiro atoms. The fourth-order valence-corrected chi connectivity index (χ4v) is 1.44. The number of hydrogen-bond donors (Lipinski definition) is 0. The van der Waals surface area contributed by atoms with Crippen molar-refractivity contribution in [3.8, 4) is 5.88 Å². The number of rotatable bonds is 2. The standard InChI is InChI=1S/C12H12N2O/c1-3-6-11-13-10-8-5-4-7-9(10)12(14-11)15-2/h3-8H,1-2H3/b6-3+. The number of fused-ring (bicyclic) bond motifs is 1. The van der Waals surface area contributed by atoms with E-state index in [4.69, 9.17) is 4.74 Å². The second-order valence-electron chi connectivity index (χ2n) is 3.11. The molecule has 1 aromatic heterocycles. The number of benzene rings is 1. The van der Waals surface area contributed by atoms with Crippen LogP contribution in [0.5, 0.6) is 5.88 Å². The molecule has 0 atom stereocenters. The summed E-state index contributed by atoms with van der Waals surface area (Å²) in [6.45, 7) is 1.94. The lowest BCUT2D eigenvalue weighted by atomic mass is 10.2. The number of nitrogens with zero attached hydrogens (tertiary/aromatic N) is 2. The third-order valence-electron chi connectivity index (χ3n) is 2.09. The first kappa shape index (κ1) is 9.65. The molecule has 3 heteroatoms. The van der Waals surface area contributed by atoms with Gasteiger partial charge in [-0.3, -0.25) is 0 Å². The molecule has 3 nitrogen and oxygen atoms in total. The van der Waals surface area contributed by atoms with Gasteiger partial charge in [0.15, 0.2) is 5.82 Å². The summed E-state index contributed by atoms with van der Waals surface area (Å²) in [4.78, 5) is 8.68. The summed E-state index contributed by atoms with van der Waals surface area (Å²) in [5.74, 6) is 1.29. The molecule has 0 aliphatic carbocycles. The average molecular weight is 200 g/mol. The summed E-state index contributed by atoms with van der Waals surface area (Å²) < 4.78 is 5.23. The molecule has 0 aliphatic rings. The van der Waals surface area contributed by atoms with Gasteiger partial charge in [-0.1, -0.05) is 18.2 Å². The quantitative estimate of drug-likeness (QED) is 0.747. The Kier molecular flexibility index (Phi) is 2.63. The summed E-state index contributed by atoms with van der Waals surface area (Å²) >= 11 is 0. The van der Waals surface area contributed by atoms with Crippen LogP contribution in [0.25, 0.3) is 17.0 Å². The van der Waals surface area contributed by atoms with E-state index in [0.717, 1.165) is 10.9 Å². The molecule has 0 unspecified atom stereocenters. The van der Waals surface area contributed by atoms with Gasteiger partial charge in [-0.25, -0.2) is 4.98 Å². The van der Waals surface area contributed by atoms with Gasteiger partial charge in [0.05, 0.1) is 18.0 Å². The molecule has 1 heterocycles. The number of hydrogen-bond acceptors (Lipinski definition) is 3. The van der Waals surface area contributed by atoms with E-state index in [0.29, 0.717) is 11.7 Å². The number of ether oxygens (including phenoxy) is 1. The lowest BCUT2D eigenvalue weighted by Crippen LogP contribution is -1.95. The Balaban J connectivity index is 2.71. The van der Waals surface area contributed by atoms with Gasteiger partial charge in [0.2, 0.25) is 5.88 Å². The number of aromatic nitrogens is 2. The molecule has 0 radical (unpaired) electrons. The first-order valence-electron chi connectivity index (χ1n) is 4.78. The van der Waals surface area contributed by atoms with Gasteiger partial charge >= 0.3 is 0 Å². The van der Waals surface area contributed by atoms with E-state index in [-0.39, 0.29) is 0 Å². The highest BCUT2D eigenvalue weighted by Gasteiger charge is 2.04. The second-order valence-corrected chi connectivity index (χ2v) is 3.11. The molecule has 15 heavy (non-hydrogen) atoms. The maximum absolute atomic E-state index is 5.23. The molecular weight excluding hydrogens is 188 g/mol. The van der Waals surface area contributed by atoms with Crippen molar-refractivity contribution in [3.05, 3.63) is 36.2 Å². The van der Waals surface area contributed by atoms with Crippen LogP contribution in [0.1, 0.15) is 12.7 Å².